The Morgan fingerprint density at radius 1 is 1.10 bits per heavy atom. The predicted molar refractivity (Wildman–Crippen MR) is 82.1 cm³/mol. The Bertz CT molecular complexity index is 680. The molecular weight excluding hydrogens is 290 g/mol. The second kappa shape index (κ2) is 6.41. The Labute approximate surface area is 127 Å². The summed E-state index contributed by atoms with van der Waals surface area (Å²) in [5.74, 6) is -0.840. The average molecular weight is 304 g/mol. The van der Waals surface area contributed by atoms with E-state index in [1.807, 2.05) is 0 Å². The van der Waals surface area contributed by atoms with Crippen LogP contribution in [0.2, 0.25) is 0 Å². The normalized spacial score (nSPS) is 10.2. The number of anilines is 1. The molecule has 0 saturated carbocycles. The molecule has 0 atom stereocenters. The van der Waals surface area contributed by atoms with Crippen molar-refractivity contribution in [3.8, 4) is 0 Å². The van der Waals surface area contributed by atoms with Gasteiger partial charge in [-0.2, -0.15) is 0 Å². The summed E-state index contributed by atoms with van der Waals surface area (Å²) >= 11 is 5.70. The number of hydrogen-bond donors (Lipinski definition) is 2. The molecule has 1 amide bonds. The van der Waals surface area contributed by atoms with Gasteiger partial charge in [0.2, 0.25) is 0 Å². The summed E-state index contributed by atoms with van der Waals surface area (Å²) in [6, 6.07) is 11.6. The number of aryl methyl sites for hydroxylation is 1. The highest BCUT2D eigenvalue weighted by atomic mass is 35.5. The van der Waals surface area contributed by atoms with Gasteiger partial charge in [-0.1, -0.05) is 12.1 Å². The topological polar surface area (TPSA) is 66.4 Å². The van der Waals surface area contributed by atoms with Crippen LogP contribution in [0.15, 0.2) is 42.5 Å². The second-order valence-corrected chi connectivity index (χ2v) is 4.89. The summed E-state index contributed by atoms with van der Waals surface area (Å²) < 4.78 is 0. The number of carboxylic acids is 1. The summed E-state index contributed by atoms with van der Waals surface area (Å²) in [6.45, 7) is 1.75. The molecule has 0 bridgehead atoms. The van der Waals surface area contributed by atoms with Crippen LogP contribution in [-0.2, 0) is 5.88 Å². The molecule has 0 spiro atoms. The quantitative estimate of drug-likeness (QED) is 0.847. The maximum atomic E-state index is 12.1. The van der Waals surface area contributed by atoms with Crippen molar-refractivity contribution in [2.24, 2.45) is 0 Å². The molecule has 2 N–H and O–H groups in total. The molecule has 0 aliphatic heterocycles. The number of carboxylic acid groups (broad SMARTS) is 1. The number of carbonyl (C=O) groups is 2. The minimum Gasteiger partial charge on any atom is -0.478 e. The van der Waals surface area contributed by atoms with Gasteiger partial charge in [0, 0.05) is 17.1 Å². The minimum atomic E-state index is -0.993. The standard InChI is InChI=1S/C16H14ClNO3/c1-10-8-13(16(20)21)6-7-14(10)18-15(19)12-4-2-11(9-17)3-5-12/h2-8H,9H2,1H3,(H,18,19)(H,20,21). The molecule has 2 aromatic rings. The third-order valence-electron chi connectivity index (χ3n) is 3.09. The van der Waals surface area contributed by atoms with E-state index in [0.29, 0.717) is 22.7 Å². The van der Waals surface area contributed by atoms with Crippen molar-refractivity contribution >= 4 is 29.2 Å². The fourth-order valence-electron chi connectivity index (χ4n) is 1.88. The lowest BCUT2D eigenvalue weighted by molar-refractivity contribution is 0.0696. The second-order valence-electron chi connectivity index (χ2n) is 4.62. The third-order valence-corrected chi connectivity index (χ3v) is 3.40. The fourth-order valence-corrected chi connectivity index (χ4v) is 2.05. The Hall–Kier alpha value is -2.33. The Morgan fingerprint density at radius 3 is 2.24 bits per heavy atom. The summed E-state index contributed by atoms with van der Waals surface area (Å²) in [5.41, 5.74) is 2.93. The highest BCUT2D eigenvalue weighted by molar-refractivity contribution is 6.17. The molecule has 21 heavy (non-hydrogen) atoms. The van der Waals surface area contributed by atoms with E-state index in [1.54, 1.807) is 37.3 Å². The largest absolute Gasteiger partial charge is 0.478 e. The number of nitrogens with one attached hydrogen (secondary N) is 1. The van der Waals surface area contributed by atoms with Gasteiger partial charge in [-0.15, -0.1) is 11.6 Å². The molecule has 0 radical (unpaired) electrons. The lowest BCUT2D eigenvalue weighted by Crippen LogP contribution is -2.13. The Kier molecular flexibility index (Phi) is 4.60. The average Bonchev–Trinajstić information content (AvgIpc) is 2.49. The molecule has 2 aromatic carbocycles. The smallest absolute Gasteiger partial charge is 0.335 e. The summed E-state index contributed by atoms with van der Waals surface area (Å²) in [5, 5.41) is 11.7. The summed E-state index contributed by atoms with van der Waals surface area (Å²) in [6.07, 6.45) is 0. The van der Waals surface area contributed by atoms with Gasteiger partial charge >= 0.3 is 5.97 Å². The van der Waals surface area contributed by atoms with Crippen molar-refractivity contribution in [1.29, 1.82) is 0 Å². The van der Waals surface area contributed by atoms with Crippen LogP contribution in [0.5, 0.6) is 0 Å². The Morgan fingerprint density at radius 2 is 1.71 bits per heavy atom. The molecule has 0 aromatic heterocycles. The predicted octanol–water partition coefficient (Wildman–Crippen LogP) is 3.68. The lowest BCUT2D eigenvalue weighted by atomic mass is 10.1. The molecule has 0 saturated heterocycles. The number of rotatable bonds is 4. The van der Waals surface area contributed by atoms with Crippen molar-refractivity contribution in [2.45, 2.75) is 12.8 Å². The molecule has 0 fully saturated rings. The highest BCUT2D eigenvalue weighted by Gasteiger charge is 2.10. The van der Waals surface area contributed by atoms with Crippen LogP contribution in [0.25, 0.3) is 0 Å². The van der Waals surface area contributed by atoms with E-state index < -0.39 is 5.97 Å². The number of alkyl halides is 1. The molecule has 4 nitrogen and oxygen atoms in total. The van der Waals surface area contributed by atoms with Crippen LogP contribution in [0, 0.1) is 6.92 Å². The van der Waals surface area contributed by atoms with Crippen LogP contribution in [0.4, 0.5) is 5.69 Å². The number of aromatic carboxylic acids is 1. The van der Waals surface area contributed by atoms with E-state index in [9.17, 15) is 9.59 Å². The summed E-state index contributed by atoms with van der Waals surface area (Å²) in [4.78, 5) is 23.0. The van der Waals surface area contributed by atoms with E-state index in [1.165, 1.54) is 12.1 Å². The van der Waals surface area contributed by atoms with Gasteiger partial charge in [-0.25, -0.2) is 4.79 Å². The van der Waals surface area contributed by atoms with Crippen molar-refractivity contribution in [1.82, 2.24) is 0 Å². The molecule has 0 heterocycles. The molecule has 108 valence electrons. The van der Waals surface area contributed by atoms with Gasteiger partial charge in [-0.3, -0.25) is 4.79 Å². The third kappa shape index (κ3) is 3.61. The SMILES string of the molecule is Cc1cc(C(=O)O)ccc1NC(=O)c1ccc(CCl)cc1. The number of hydrogen-bond acceptors (Lipinski definition) is 2. The maximum Gasteiger partial charge on any atom is 0.335 e. The lowest BCUT2D eigenvalue weighted by Gasteiger charge is -2.09. The maximum absolute atomic E-state index is 12.1. The molecule has 0 aliphatic rings. The summed E-state index contributed by atoms with van der Waals surface area (Å²) in [7, 11) is 0. The van der Waals surface area contributed by atoms with Crippen molar-refractivity contribution in [3.63, 3.8) is 0 Å². The van der Waals surface area contributed by atoms with Crippen LogP contribution in [0.1, 0.15) is 31.8 Å². The first kappa shape index (κ1) is 15.1. The highest BCUT2D eigenvalue weighted by Crippen LogP contribution is 2.18. The number of carbonyl (C=O) groups excluding carboxylic acids is 1. The number of amides is 1. The molecular formula is C16H14ClNO3. The van der Waals surface area contributed by atoms with E-state index in [0.717, 1.165) is 5.56 Å². The minimum absolute atomic E-state index is 0.192. The monoisotopic (exact) mass is 303 g/mol. The van der Waals surface area contributed by atoms with E-state index in [4.69, 9.17) is 16.7 Å². The van der Waals surface area contributed by atoms with E-state index >= 15 is 0 Å². The van der Waals surface area contributed by atoms with Crippen molar-refractivity contribution < 1.29 is 14.7 Å². The van der Waals surface area contributed by atoms with Crippen LogP contribution < -0.4 is 5.32 Å². The van der Waals surface area contributed by atoms with Crippen LogP contribution in [-0.4, -0.2) is 17.0 Å². The zero-order valence-corrected chi connectivity index (χ0v) is 12.1. The van der Waals surface area contributed by atoms with Crippen LogP contribution in [0.3, 0.4) is 0 Å². The first-order valence-electron chi connectivity index (χ1n) is 6.31. The van der Waals surface area contributed by atoms with Gasteiger partial charge in [0.05, 0.1) is 5.56 Å². The van der Waals surface area contributed by atoms with Crippen molar-refractivity contribution in [3.05, 3.63) is 64.7 Å². The van der Waals surface area contributed by atoms with E-state index in [-0.39, 0.29) is 11.5 Å². The molecule has 0 unspecified atom stereocenters. The first-order valence-corrected chi connectivity index (χ1v) is 6.85. The molecule has 0 aliphatic carbocycles. The van der Waals surface area contributed by atoms with Gasteiger partial charge in [-0.05, 0) is 48.4 Å². The zero-order chi connectivity index (χ0) is 15.4. The van der Waals surface area contributed by atoms with Gasteiger partial charge in [0.25, 0.3) is 5.91 Å². The van der Waals surface area contributed by atoms with E-state index in [2.05, 4.69) is 5.32 Å². The number of halogens is 1. The van der Waals surface area contributed by atoms with Gasteiger partial charge in [0.1, 0.15) is 0 Å². The van der Waals surface area contributed by atoms with Gasteiger partial charge in [0.15, 0.2) is 0 Å². The molecule has 2 rings (SSSR count). The first-order chi connectivity index (χ1) is 10.0. The van der Waals surface area contributed by atoms with Gasteiger partial charge < -0.3 is 10.4 Å². The van der Waals surface area contributed by atoms with Crippen LogP contribution >= 0.6 is 11.6 Å². The Balaban J connectivity index is 2.17. The fraction of sp³-hybridized carbons (Fsp3) is 0.125. The zero-order valence-electron chi connectivity index (χ0n) is 11.4. The number of benzene rings is 2. The van der Waals surface area contributed by atoms with Crippen molar-refractivity contribution in [2.75, 3.05) is 5.32 Å². The molecule has 5 heteroatoms.